The Balaban J connectivity index is 2.10. The van der Waals surface area contributed by atoms with Gasteiger partial charge in [0.1, 0.15) is 0 Å². The van der Waals surface area contributed by atoms with Crippen molar-refractivity contribution in [2.45, 2.75) is 32.4 Å². The van der Waals surface area contributed by atoms with E-state index in [2.05, 4.69) is 73.6 Å². The van der Waals surface area contributed by atoms with E-state index in [-0.39, 0.29) is 12.1 Å². The highest BCUT2D eigenvalue weighted by Gasteiger charge is 2.09. The highest BCUT2D eigenvalue weighted by molar-refractivity contribution is 5.63. The molecule has 2 aromatic carbocycles. The third kappa shape index (κ3) is 3.50. The van der Waals surface area contributed by atoms with Crippen LogP contribution in [-0.2, 0) is 0 Å². The Labute approximate surface area is 122 Å². The van der Waals surface area contributed by atoms with E-state index < -0.39 is 0 Å². The lowest BCUT2D eigenvalue weighted by atomic mass is 10.0. The summed E-state index contributed by atoms with van der Waals surface area (Å²) in [5.41, 5.74) is 3.75. The summed E-state index contributed by atoms with van der Waals surface area (Å²) < 4.78 is 0. The Morgan fingerprint density at radius 1 is 1.00 bits per heavy atom. The van der Waals surface area contributed by atoms with Crippen LogP contribution in [0.5, 0.6) is 0 Å². The van der Waals surface area contributed by atoms with Crippen LogP contribution in [0.4, 0.5) is 0 Å². The first-order valence-electron chi connectivity index (χ1n) is 7.12. The molecule has 102 valence electrons. The Kier molecular flexibility index (Phi) is 4.98. The molecule has 0 saturated heterocycles. The van der Waals surface area contributed by atoms with Crippen molar-refractivity contribution in [3.8, 4) is 23.5 Å². The number of nitrogens with one attached hydrogen (secondary N) is 1. The summed E-state index contributed by atoms with van der Waals surface area (Å²) in [6.07, 6.45) is 6.44. The van der Waals surface area contributed by atoms with E-state index in [0.717, 1.165) is 6.42 Å². The van der Waals surface area contributed by atoms with Gasteiger partial charge in [0.25, 0.3) is 0 Å². The highest BCUT2D eigenvalue weighted by Crippen LogP contribution is 2.22. The van der Waals surface area contributed by atoms with Gasteiger partial charge in [-0.25, -0.2) is 0 Å². The summed E-state index contributed by atoms with van der Waals surface area (Å²) in [6.45, 7) is 4.25. The standard InChI is InChI=1S/C19H21N/c1-4-19(5-2)20-15(3)16-11-13-18(14-12-16)17-9-7-6-8-10-17/h1,6-15,19-20H,5H2,2-3H3. The fourth-order valence-electron chi connectivity index (χ4n) is 2.28. The zero-order chi connectivity index (χ0) is 14.4. The summed E-state index contributed by atoms with van der Waals surface area (Å²) in [5, 5.41) is 3.46. The van der Waals surface area contributed by atoms with E-state index in [4.69, 9.17) is 6.42 Å². The quantitative estimate of drug-likeness (QED) is 0.788. The number of hydrogen-bond donors (Lipinski definition) is 1. The average molecular weight is 263 g/mol. The van der Waals surface area contributed by atoms with Crippen molar-refractivity contribution < 1.29 is 0 Å². The largest absolute Gasteiger partial charge is 0.297 e. The van der Waals surface area contributed by atoms with Crippen LogP contribution in [0.15, 0.2) is 54.6 Å². The number of terminal acetylenes is 1. The van der Waals surface area contributed by atoms with Gasteiger partial charge in [0.2, 0.25) is 0 Å². The molecule has 1 N–H and O–H groups in total. The molecule has 2 aromatic rings. The first kappa shape index (κ1) is 14.4. The van der Waals surface area contributed by atoms with Gasteiger partial charge in [0, 0.05) is 6.04 Å². The van der Waals surface area contributed by atoms with Crippen molar-refractivity contribution in [1.29, 1.82) is 0 Å². The molecule has 0 spiro atoms. The molecule has 2 unspecified atom stereocenters. The lowest BCUT2D eigenvalue weighted by Gasteiger charge is -2.18. The third-order valence-electron chi connectivity index (χ3n) is 3.58. The second-order valence-electron chi connectivity index (χ2n) is 5.00. The molecule has 0 amide bonds. The van der Waals surface area contributed by atoms with E-state index in [0.29, 0.717) is 0 Å². The van der Waals surface area contributed by atoms with Gasteiger partial charge >= 0.3 is 0 Å². The van der Waals surface area contributed by atoms with Crippen LogP contribution in [-0.4, -0.2) is 6.04 Å². The Morgan fingerprint density at radius 2 is 1.60 bits per heavy atom. The molecule has 0 aliphatic carbocycles. The maximum atomic E-state index is 5.50. The minimum absolute atomic E-state index is 0.138. The molecule has 0 aliphatic rings. The fourth-order valence-corrected chi connectivity index (χ4v) is 2.28. The zero-order valence-corrected chi connectivity index (χ0v) is 12.1. The highest BCUT2D eigenvalue weighted by atomic mass is 14.9. The van der Waals surface area contributed by atoms with Crippen LogP contribution in [0.1, 0.15) is 31.9 Å². The van der Waals surface area contributed by atoms with Crippen LogP contribution >= 0.6 is 0 Å². The van der Waals surface area contributed by atoms with Gasteiger partial charge in [-0.1, -0.05) is 67.4 Å². The van der Waals surface area contributed by atoms with Crippen molar-refractivity contribution in [3.63, 3.8) is 0 Å². The van der Waals surface area contributed by atoms with Crippen molar-refractivity contribution in [2.75, 3.05) is 0 Å². The smallest absolute Gasteiger partial charge is 0.0688 e. The summed E-state index contributed by atoms with van der Waals surface area (Å²) in [4.78, 5) is 0. The number of benzene rings is 2. The molecule has 0 aliphatic heterocycles. The topological polar surface area (TPSA) is 12.0 Å². The van der Waals surface area contributed by atoms with Gasteiger partial charge in [-0.2, -0.15) is 0 Å². The van der Waals surface area contributed by atoms with Crippen LogP contribution in [0.3, 0.4) is 0 Å². The molecule has 0 bridgehead atoms. The van der Waals surface area contributed by atoms with Crippen LogP contribution in [0, 0.1) is 12.3 Å². The molecule has 2 atom stereocenters. The van der Waals surface area contributed by atoms with Gasteiger partial charge < -0.3 is 0 Å². The van der Waals surface area contributed by atoms with Gasteiger partial charge in [-0.15, -0.1) is 6.42 Å². The summed E-state index contributed by atoms with van der Waals surface area (Å²) in [7, 11) is 0. The van der Waals surface area contributed by atoms with E-state index in [9.17, 15) is 0 Å². The second kappa shape index (κ2) is 6.93. The maximum absolute atomic E-state index is 5.50. The van der Waals surface area contributed by atoms with Crippen molar-refractivity contribution in [2.24, 2.45) is 0 Å². The van der Waals surface area contributed by atoms with Crippen LogP contribution in [0.2, 0.25) is 0 Å². The van der Waals surface area contributed by atoms with Crippen molar-refractivity contribution in [3.05, 3.63) is 60.2 Å². The lowest BCUT2D eigenvalue weighted by molar-refractivity contribution is 0.512. The maximum Gasteiger partial charge on any atom is 0.0688 e. The van der Waals surface area contributed by atoms with Gasteiger partial charge in [-0.05, 0) is 30.0 Å². The second-order valence-corrected chi connectivity index (χ2v) is 5.00. The molecule has 1 heteroatoms. The molecule has 2 rings (SSSR count). The first-order chi connectivity index (χ1) is 9.74. The van der Waals surface area contributed by atoms with Crippen molar-refractivity contribution in [1.82, 2.24) is 5.32 Å². The Morgan fingerprint density at radius 3 is 2.15 bits per heavy atom. The van der Waals surface area contributed by atoms with E-state index >= 15 is 0 Å². The predicted molar refractivity (Wildman–Crippen MR) is 86.3 cm³/mol. The number of hydrogen-bond acceptors (Lipinski definition) is 1. The molecule has 0 radical (unpaired) electrons. The molecule has 0 fully saturated rings. The monoisotopic (exact) mass is 263 g/mol. The SMILES string of the molecule is C#CC(CC)NC(C)c1ccc(-c2ccccc2)cc1. The minimum atomic E-state index is 0.138. The molecule has 0 saturated carbocycles. The Bertz CT molecular complexity index is 563. The molecule has 0 heterocycles. The fraction of sp³-hybridized carbons (Fsp3) is 0.263. The molecule has 1 nitrogen and oxygen atoms in total. The lowest BCUT2D eigenvalue weighted by Crippen LogP contribution is -2.29. The normalized spacial score (nSPS) is 13.4. The summed E-state index contributed by atoms with van der Waals surface area (Å²) in [5.74, 6) is 2.78. The summed E-state index contributed by atoms with van der Waals surface area (Å²) >= 11 is 0. The van der Waals surface area contributed by atoms with Gasteiger partial charge in [0.15, 0.2) is 0 Å². The third-order valence-corrected chi connectivity index (χ3v) is 3.58. The van der Waals surface area contributed by atoms with Crippen LogP contribution in [0.25, 0.3) is 11.1 Å². The number of rotatable bonds is 5. The summed E-state index contributed by atoms with van der Waals surface area (Å²) in [6, 6.07) is 19.5. The predicted octanol–water partition coefficient (Wildman–Crippen LogP) is 4.42. The Hall–Kier alpha value is -2.04. The average Bonchev–Trinajstić information content (AvgIpc) is 2.53. The molecular formula is C19H21N. The molecular weight excluding hydrogens is 242 g/mol. The van der Waals surface area contributed by atoms with Gasteiger partial charge in [-0.3, -0.25) is 5.32 Å². The van der Waals surface area contributed by atoms with E-state index in [1.807, 2.05) is 6.07 Å². The molecule has 20 heavy (non-hydrogen) atoms. The van der Waals surface area contributed by atoms with Crippen LogP contribution < -0.4 is 5.32 Å². The molecule has 0 aromatic heterocycles. The van der Waals surface area contributed by atoms with E-state index in [1.165, 1.54) is 16.7 Å². The van der Waals surface area contributed by atoms with E-state index in [1.54, 1.807) is 0 Å². The van der Waals surface area contributed by atoms with Gasteiger partial charge in [0.05, 0.1) is 6.04 Å². The minimum Gasteiger partial charge on any atom is -0.297 e. The zero-order valence-electron chi connectivity index (χ0n) is 12.1. The van der Waals surface area contributed by atoms with Crippen molar-refractivity contribution >= 4 is 0 Å². The first-order valence-corrected chi connectivity index (χ1v) is 7.12.